The van der Waals surface area contributed by atoms with E-state index in [1.807, 2.05) is 0 Å². The van der Waals surface area contributed by atoms with Crippen molar-refractivity contribution in [3.8, 4) is 10.4 Å². The molecule has 2 aromatic rings. The summed E-state index contributed by atoms with van der Waals surface area (Å²) in [6, 6.07) is 5.11. The second-order valence-electron chi connectivity index (χ2n) is 3.55. The van der Waals surface area contributed by atoms with E-state index in [0.29, 0.717) is 10.4 Å². The van der Waals surface area contributed by atoms with Gasteiger partial charge in [0.15, 0.2) is 0 Å². The number of thiophene rings is 1. The third kappa shape index (κ3) is 2.19. The van der Waals surface area contributed by atoms with Crippen LogP contribution in [0.2, 0.25) is 0 Å². The predicted octanol–water partition coefficient (Wildman–Crippen LogP) is 3.70. The zero-order valence-electron chi connectivity index (χ0n) is 8.83. The van der Waals surface area contributed by atoms with Gasteiger partial charge in [0.1, 0.15) is 16.5 Å². The number of aryl methyl sites for hydroxylation is 1. The highest BCUT2D eigenvalue weighted by molar-refractivity contribution is 7.17. The molecule has 0 radical (unpaired) electrons. The smallest absolute Gasteiger partial charge is 0.345 e. The minimum absolute atomic E-state index is 0.126. The minimum Gasteiger partial charge on any atom is -0.477 e. The van der Waals surface area contributed by atoms with E-state index in [9.17, 15) is 13.6 Å². The van der Waals surface area contributed by atoms with Crippen LogP contribution in [0.4, 0.5) is 8.78 Å². The average molecular weight is 254 g/mol. The van der Waals surface area contributed by atoms with Crippen molar-refractivity contribution in [1.29, 1.82) is 0 Å². The van der Waals surface area contributed by atoms with Gasteiger partial charge in [0.2, 0.25) is 0 Å². The molecular weight excluding hydrogens is 246 g/mol. The van der Waals surface area contributed by atoms with Gasteiger partial charge in [0.05, 0.1) is 0 Å². The molecule has 0 aliphatic carbocycles. The van der Waals surface area contributed by atoms with E-state index in [4.69, 9.17) is 5.11 Å². The molecule has 17 heavy (non-hydrogen) atoms. The molecule has 2 rings (SSSR count). The SMILES string of the molecule is Cc1cc(-c2ccc(C(=O)O)s2)c(F)cc1F. The lowest BCUT2D eigenvalue weighted by atomic mass is 10.1. The van der Waals surface area contributed by atoms with Gasteiger partial charge in [-0.15, -0.1) is 11.3 Å². The van der Waals surface area contributed by atoms with Gasteiger partial charge >= 0.3 is 5.97 Å². The van der Waals surface area contributed by atoms with Gasteiger partial charge in [-0.25, -0.2) is 13.6 Å². The van der Waals surface area contributed by atoms with Gasteiger partial charge in [-0.3, -0.25) is 0 Å². The Morgan fingerprint density at radius 3 is 2.53 bits per heavy atom. The van der Waals surface area contributed by atoms with E-state index < -0.39 is 17.6 Å². The second kappa shape index (κ2) is 4.25. The molecule has 1 heterocycles. The fourth-order valence-electron chi connectivity index (χ4n) is 1.44. The highest BCUT2D eigenvalue weighted by Gasteiger charge is 2.13. The van der Waals surface area contributed by atoms with Crippen LogP contribution in [0.1, 0.15) is 15.2 Å². The number of aromatic carboxylic acids is 1. The Morgan fingerprint density at radius 1 is 1.24 bits per heavy atom. The lowest BCUT2D eigenvalue weighted by molar-refractivity contribution is 0.0702. The summed E-state index contributed by atoms with van der Waals surface area (Å²) in [4.78, 5) is 11.3. The molecule has 0 fully saturated rings. The molecule has 0 saturated heterocycles. The first-order chi connectivity index (χ1) is 7.99. The molecule has 0 atom stereocenters. The third-order valence-electron chi connectivity index (χ3n) is 2.33. The van der Waals surface area contributed by atoms with Crippen LogP contribution in [-0.2, 0) is 0 Å². The third-order valence-corrected chi connectivity index (χ3v) is 3.44. The molecule has 2 nitrogen and oxygen atoms in total. The summed E-state index contributed by atoms with van der Waals surface area (Å²) in [6.45, 7) is 1.53. The van der Waals surface area contributed by atoms with Gasteiger partial charge < -0.3 is 5.11 Å². The maximum absolute atomic E-state index is 13.5. The van der Waals surface area contributed by atoms with Crippen LogP contribution in [0, 0.1) is 18.6 Å². The normalized spacial score (nSPS) is 10.5. The van der Waals surface area contributed by atoms with Crippen LogP contribution in [0.15, 0.2) is 24.3 Å². The number of halogens is 2. The predicted molar refractivity (Wildman–Crippen MR) is 61.4 cm³/mol. The van der Waals surface area contributed by atoms with Gasteiger partial charge in [-0.2, -0.15) is 0 Å². The molecule has 0 unspecified atom stereocenters. The van der Waals surface area contributed by atoms with Gasteiger partial charge in [0, 0.05) is 16.5 Å². The number of benzene rings is 1. The highest BCUT2D eigenvalue weighted by atomic mass is 32.1. The monoisotopic (exact) mass is 254 g/mol. The number of rotatable bonds is 2. The molecular formula is C12H8F2O2S. The van der Waals surface area contributed by atoms with Gasteiger partial charge in [0.25, 0.3) is 0 Å². The molecule has 0 aliphatic rings. The number of hydrogen-bond acceptors (Lipinski definition) is 2. The van der Waals surface area contributed by atoms with Crippen LogP contribution in [-0.4, -0.2) is 11.1 Å². The first kappa shape index (κ1) is 11.7. The average Bonchev–Trinajstić information content (AvgIpc) is 2.72. The summed E-state index contributed by atoms with van der Waals surface area (Å²) in [7, 11) is 0. The quantitative estimate of drug-likeness (QED) is 0.887. The van der Waals surface area contributed by atoms with Crippen LogP contribution in [0.25, 0.3) is 10.4 Å². The molecule has 0 bridgehead atoms. The van der Waals surface area contributed by atoms with Crippen molar-refractivity contribution < 1.29 is 18.7 Å². The van der Waals surface area contributed by atoms with Crippen molar-refractivity contribution in [2.45, 2.75) is 6.92 Å². The lowest BCUT2D eigenvalue weighted by Crippen LogP contribution is -1.90. The summed E-state index contributed by atoms with van der Waals surface area (Å²) < 4.78 is 26.6. The molecule has 0 spiro atoms. The fraction of sp³-hybridized carbons (Fsp3) is 0.0833. The second-order valence-corrected chi connectivity index (χ2v) is 4.63. The minimum atomic E-state index is -1.06. The Kier molecular flexibility index (Phi) is 2.93. The molecule has 0 aliphatic heterocycles. The molecule has 0 amide bonds. The summed E-state index contributed by atoms with van der Waals surface area (Å²) in [5, 5.41) is 8.77. The van der Waals surface area contributed by atoms with Crippen LogP contribution in [0.5, 0.6) is 0 Å². The van der Waals surface area contributed by atoms with Crippen LogP contribution in [0.3, 0.4) is 0 Å². The fourth-order valence-corrected chi connectivity index (χ4v) is 2.31. The Labute approximate surface area is 100 Å². The maximum atomic E-state index is 13.5. The standard InChI is InChI=1S/C12H8F2O2S/c1-6-4-7(9(14)5-8(6)13)10-2-3-11(17-10)12(15)16/h2-5H,1H3,(H,15,16). The van der Waals surface area contributed by atoms with Crippen LogP contribution >= 0.6 is 11.3 Å². The zero-order valence-corrected chi connectivity index (χ0v) is 9.65. The summed E-state index contributed by atoms with van der Waals surface area (Å²) in [6.07, 6.45) is 0. The molecule has 5 heteroatoms. The molecule has 1 aromatic carbocycles. The van der Waals surface area contributed by atoms with E-state index in [-0.39, 0.29) is 10.4 Å². The Bertz CT molecular complexity index is 590. The maximum Gasteiger partial charge on any atom is 0.345 e. The van der Waals surface area contributed by atoms with Crippen molar-refractivity contribution in [1.82, 2.24) is 0 Å². The summed E-state index contributed by atoms with van der Waals surface area (Å²) >= 11 is 0.961. The molecule has 1 N–H and O–H groups in total. The van der Waals surface area contributed by atoms with E-state index in [0.717, 1.165) is 17.4 Å². The van der Waals surface area contributed by atoms with Crippen LogP contribution < -0.4 is 0 Å². The van der Waals surface area contributed by atoms with E-state index in [2.05, 4.69) is 0 Å². The van der Waals surface area contributed by atoms with E-state index in [1.165, 1.54) is 25.1 Å². The van der Waals surface area contributed by atoms with E-state index in [1.54, 1.807) is 0 Å². The number of carboxylic acids is 1. The van der Waals surface area contributed by atoms with Crippen molar-refractivity contribution in [3.63, 3.8) is 0 Å². The summed E-state index contributed by atoms with van der Waals surface area (Å²) in [5.74, 6) is -2.35. The largest absolute Gasteiger partial charge is 0.477 e. The molecule has 88 valence electrons. The first-order valence-corrected chi connectivity index (χ1v) is 5.60. The first-order valence-electron chi connectivity index (χ1n) is 4.78. The van der Waals surface area contributed by atoms with E-state index >= 15 is 0 Å². The Balaban J connectivity index is 2.52. The highest BCUT2D eigenvalue weighted by Crippen LogP contribution is 2.31. The Hall–Kier alpha value is -1.75. The summed E-state index contributed by atoms with van der Waals surface area (Å²) in [5.41, 5.74) is 0.549. The van der Waals surface area contributed by atoms with Crippen molar-refractivity contribution >= 4 is 17.3 Å². The lowest BCUT2D eigenvalue weighted by Gasteiger charge is -2.03. The van der Waals surface area contributed by atoms with Gasteiger partial charge in [-0.1, -0.05) is 0 Å². The van der Waals surface area contributed by atoms with Gasteiger partial charge in [-0.05, 0) is 30.7 Å². The molecule has 1 aromatic heterocycles. The number of carboxylic acid groups (broad SMARTS) is 1. The number of carbonyl (C=O) groups is 1. The Morgan fingerprint density at radius 2 is 1.94 bits per heavy atom. The number of hydrogen-bond donors (Lipinski definition) is 1. The molecule has 0 saturated carbocycles. The topological polar surface area (TPSA) is 37.3 Å². The van der Waals surface area contributed by atoms with Crippen molar-refractivity contribution in [2.75, 3.05) is 0 Å². The zero-order chi connectivity index (χ0) is 12.6. The van der Waals surface area contributed by atoms with Crippen molar-refractivity contribution in [2.24, 2.45) is 0 Å². The van der Waals surface area contributed by atoms with Crippen molar-refractivity contribution in [3.05, 3.63) is 46.3 Å².